The molecule has 0 unspecified atom stereocenters. The average Bonchev–Trinajstić information content (AvgIpc) is 2.31. The number of hydrogen-bond acceptors (Lipinski definition) is 2. The van der Waals surface area contributed by atoms with Crippen molar-refractivity contribution in [3.8, 4) is 0 Å². The third-order valence-corrected chi connectivity index (χ3v) is 1.82. The Kier molecular flexibility index (Phi) is 7.51. The molecule has 16 heavy (non-hydrogen) atoms. The largest absolute Gasteiger partial charge is 0.397 e. The van der Waals surface area contributed by atoms with Gasteiger partial charge in [-0.1, -0.05) is 45.2 Å². The van der Waals surface area contributed by atoms with Gasteiger partial charge in [0.15, 0.2) is 0 Å². The summed E-state index contributed by atoms with van der Waals surface area (Å²) in [6, 6.07) is 1.91. The van der Waals surface area contributed by atoms with Gasteiger partial charge in [-0.25, -0.2) is 0 Å². The Hall–Kier alpha value is -1.83. The van der Waals surface area contributed by atoms with Crippen LogP contribution in [-0.2, 0) is 6.42 Å². The second kappa shape index (κ2) is 8.48. The number of nitrogen functional groups attached to an aromatic ring is 1. The second-order valence-electron chi connectivity index (χ2n) is 2.98. The van der Waals surface area contributed by atoms with Gasteiger partial charge in [0.2, 0.25) is 0 Å². The number of hydrogen-bond donors (Lipinski definition) is 1. The lowest BCUT2D eigenvalue weighted by molar-refractivity contribution is 1.15. The summed E-state index contributed by atoms with van der Waals surface area (Å²) >= 11 is 0. The summed E-state index contributed by atoms with van der Waals surface area (Å²) in [5.74, 6) is 0. The molecule has 86 valence electrons. The van der Waals surface area contributed by atoms with Gasteiger partial charge in [0.25, 0.3) is 0 Å². The molecule has 0 fully saturated rings. The predicted octanol–water partition coefficient (Wildman–Crippen LogP) is 3.53. The van der Waals surface area contributed by atoms with Crippen LogP contribution in [0.3, 0.4) is 0 Å². The Morgan fingerprint density at radius 1 is 1.38 bits per heavy atom. The van der Waals surface area contributed by atoms with Crippen molar-refractivity contribution in [2.75, 3.05) is 5.73 Å². The molecule has 2 nitrogen and oxygen atoms in total. The van der Waals surface area contributed by atoms with E-state index in [4.69, 9.17) is 5.73 Å². The van der Waals surface area contributed by atoms with E-state index < -0.39 is 0 Å². The van der Waals surface area contributed by atoms with Crippen LogP contribution < -0.4 is 5.73 Å². The zero-order chi connectivity index (χ0) is 12.4. The fourth-order valence-electron chi connectivity index (χ4n) is 1.19. The van der Waals surface area contributed by atoms with E-state index in [0.29, 0.717) is 5.69 Å². The van der Waals surface area contributed by atoms with Gasteiger partial charge in [0.1, 0.15) is 0 Å². The molecule has 2 heteroatoms. The molecule has 0 aliphatic heterocycles. The Labute approximate surface area is 98.2 Å². The fourth-order valence-corrected chi connectivity index (χ4v) is 1.19. The molecular formula is C14H20N2. The number of anilines is 1. The highest BCUT2D eigenvalue weighted by Gasteiger charge is 1.96. The molecule has 0 spiro atoms. The van der Waals surface area contributed by atoms with Crippen LogP contribution >= 0.6 is 0 Å². The molecule has 0 atom stereocenters. The summed E-state index contributed by atoms with van der Waals surface area (Å²) in [4.78, 5) is 4.02. The summed E-state index contributed by atoms with van der Waals surface area (Å²) in [5, 5.41) is 0. The average molecular weight is 216 g/mol. The van der Waals surface area contributed by atoms with Crippen LogP contribution in [0.15, 0.2) is 55.4 Å². The molecule has 0 aliphatic carbocycles. The van der Waals surface area contributed by atoms with Gasteiger partial charge in [0.05, 0.1) is 5.69 Å². The van der Waals surface area contributed by atoms with Crippen molar-refractivity contribution in [1.29, 1.82) is 0 Å². The minimum absolute atomic E-state index is 0.685. The van der Waals surface area contributed by atoms with Crippen LogP contribution in [-0.4, -0.2) is 4.98 Å². The third kappa shape index (κ3) is 5.15. The van der Waals surface area contributed by atoms with Gasteiger partial charge >= 0.3 is 0 Å². The molecule has 2 N–H and O–H groups in total. The van der Waals surface area contributed by atoms with E-state index in [2.05, 4.69) is 18.1 Å². The summed E-state index contributed by atoms with van der Waals surface area (Å²) in [7, 11) is 0. The van der Waals surface area contributed by atoms with Crippen LogP contribution in [0.2, 0.25) is 0 Å². The van der Waals surface area contributed by atoms with Crippen molar-refractivity contribution in [1.82, 2.24) is 4.98 Å². The van der Waals surface area contributed by atoms with Crippen LogP contribution in [0.4, 0.5) is 5.69 Å². The lowest BCUT2D eigenvalue weighted by Gasteiger charge is -2.02. The standard InChI is InChI=1S/C12H14N2.C2H6/c1-3-5-10(4-2)6-11-7-12(13)9-14-8-11;1-2/h3-5,7-9H,1-2,6,13H2;1-2H3/b10-5+;. The van der Waals surface area contributed by atoms with Crippen molar-refractivity contribution in [3.63, 3.8) is 0 Å². The first kappa shape index (κ1) is 14.2. The van der Waals surface area contributed by atoms with Crippen molar-refractivity contribution < 1.29 is 0 Å². The number of nitrogens with two attached hydrogens (primary N) is 1. The molecular weight excluding hydrogens is 196 g/mol. The van der Waals surface area contributed by atoms with Gasteiger partial charge in [-0.05, 0) is 23.6 Å². The molecule has 0 radical (unpaired) electrons. The highest BCUT2D eigenvalue weighted by atomic mass is 14.7. The zero-order valence-corrected chi connectivity index (χ0v) is 10.1. The molecule has 0 aliphatic rings. The maximum absolute atomic E-state index is 5.62. The second-order valence-corrected chi connectivity index (χ2v) is 2.98. The van der Waals surface area contributed by atoms with Crippen LogP contribution in [0.25, 0.3) is 0 Å². The maximum Gasteiger partial charge on any atom is 0.0503 e. The van der Waals surface area contributed by atoms with E-state index in [1.165, 1.54) is 0 Å². The Bertz CT molecular complexity index is 365. The third-order valence-electron chi connectivity index (χ3n) is 1.82. The number of rotatable bonds is 4. The molecule has 1 aromatic heterocycles. The number of nitrogens with zero attached hydrogens (tertiary/aromatic N) is 1. The minimum atomic E-state index is 0.685. The highest BCUT2D eigenvalue weighted by Crippen LogP contribution is 2.10. The van der Waals surface area contributed by atoms with E-state index in [1.54, 1.807) is 18.5 Å². The highest BCUT2D eigenvalue weighted by molar-refractivity contribution is 5.39. The number of allylic oxidation sites excluding steroid dienone is 4. The van der Waals surface area contributed by atoms with Crippen molar-refractivity contribution in [2.45, 2.75) is 20.3 Å². The molecule has 0 aromatic carbocycles. The van der Waals surface area contributed by atoms with E-state index in [1.807, 2.05) is 32.1 Å². The van der Waals surface area contributed by atoms with Crippen molar-refractivity contribution in [2.24, 2.45) is 0 Å². The number of pyridine rings is 1. The lowest BCUT2D eigenvalue weighted by Crippen LogP contribution is -1.92. The van der Waals surface area contributed by atoms with Crippen LogP contribution in [0.1, 0.15) is 19.4 Å². The minimum Gasteiger partial charge on any atom is -0.397 e. The van der Waals surface area contributed by atoms with Crippen LogP contribution in [0, 0.1) is 0 Å². The quantitative estimate of drug-likeness (QED) is 0.782. The van der Waals surface area contributed by atoms with Gasteiger partial charge in [-0.2, -0.15) is 0 Å². The molecule has 0 saturated carbocycles. The first-order valence-electron chi connectivity index (χ1n) is 5.39. The SMILES string of the molecule is C=C/C=C(\C=C)Cc1cncc(N)c1.CC. The fraction of sp³-hybridized carbons (Fsp3) is 0.214. The van der Waals surface area contributed by atoms with Gasteiger partial charge in [-0.15, -0.1) is 0 Å². The maximum atomic E-state index is 5.62. The van der Waals surface area contributed by atoms with Gasteiger partial charge in [-0.3, -0.25) is 4.98 Å². The van der Waals surface area contributed by atoms with Gasteiger partial charge < -0.3 is 5.73 Å². The summed E-state index contributed by atoms with van der Waals surface area (Å²) in [5.41, 5.74) is 8.49. The Morgan fingerprint density at radius 2 is 2.06 bits per heavy atom. The van der Waals surface area contributed by atoms with Gasteiger partial charge in [0, 0.05) is 12.4 Å². The van der Waals surface area contributed by atoms with E-state index >= 15 is 0 Å². The van der Waals surface area contributed by atoms with Crippen molar-refractivity contribution in [3.05, 3.63) is 61.0 Å². The molecule has 1 rings (SSSR count). The van der Waals surface area contributed by atoms with E-state index in [0.717, 1.165) is 17.6 Å². The van der Waals surface area contributed by atoms with E-state index in [-0.39, 0.29) is 0 Å². The van der Waals surface area contributed by atoms with Crippen molar-refractivity contribution >= 4 is 5.69 Å². The number of aromatic nitrogens is 1. The smallest absolute Gasteiger partial charge is 0.0503 e. The first-order chi connectivity index (χ1) is 7.76. The summed E-state index contributed by atoms with van der Waals surface area (Å²) < 4.78 is 0. The molecule has 1 heterocycles. The van der Waals surface area contributed by atoms with Crippen LogP contribution in [0.5, 0.6) is 0 Å². The predicted molar refractivity (Wildman–Crippen MR) is 72.2 cm³/mol. The Balaban J connectivity index is 0.00000106. The monoisotopic (exact) mass is 216 g/mol. The normalized spacial score (nSPS) is 10.0. The summed E-state index contributed by atoms with van der Waals surface area (Å²) in [6.07, 6.45) is 9.70. The Morgan fingerprint density at radius 3 is 2.56 bits per heavy atom. The lowest BCUT2D eigenvalue weighted by atomic mass is 10.1. The molecule has 0 bridgehead atoms. The zero-order valence-electron chi connectivity index (χ0n) is 10.1. The van der Waals surface area contributed by atoms with E-state index in [9.17, 15) is 0 Å². The molecule has 1 aromatic rings. The molecule has 0 saturated heterocycles. The molecule has 0 amide bonds. The summed E-state index contributed by atoms with van der Waals surface area (Å²) in [6.45, 7) is 11.4. The topological polar surface area (TPSA) is 38.9 Å². The first-order valence-corrected chi connectivity index (χ1v) is 5.39.